The SMILES string of the molecule is Br.C.C.CON(C)C(=O)[C@H]1CC[C@H]2[C@@H]3CC[C@@H]4C[C@](C)(O)CC[C@]4(C)[C@H]3CC[C@]12C.CSc1cc[c-]cc1.CSc1ccc(C(=O)[C@H]2CC[C@H]3[C@@H]4CC[C@@H]5C[C@](C)(O)CC[C@]5(C)[C@H]4CC[C@]23C)cc1.[H-].[Mg+2]. The molecule has 0 aliphatic heterocycles. The van der Waals surface area contributed by atoms with Gasteiger partial charge in [-0.1, -0.05) is 54.7 Å². The minimum absolute atomic E-state index is 0. The molecule has 8 aliphatic carbocycles. The van der Waals surface area contributed by atoms with Crippen molar-refractivity contribution in [1.29, 1.82) is 0 Å². The van der Waals surface area contributed by atoms with Gasteiger partial charge in [0.25, 0.3) is 0 Å². The third-order valence-corrected chi connectivity index (χ3v) is 22.9. The predicted molar refractivity (Wildman–Crippen MR) is 302 cm³/mol. The van der Waals surface area contributed by atoms with Crippen LogP contribution in [0.1, 0.15) is 184 Å². The molecule has 0 heterocycles. The number of fused-ring (bicyclic) bond motifs is 10. The van der Waals surface area contributed by atoms with Crippen LogP contribution in [0.15, 0.2) is 58.3 Å². The zero-order valence-corrected chi connectivity index (χ0v) is 48.4. The summed E-state index contributed by atoms with van der Waals surface area (Å²) in [7, 11) is 3.34. The van der Waals surface area contributed by atoms with Gasteiger partial charge in [0, 0.05) is 29.3 Å². The van der Waals surface area contributed by atoms with Crippen LogP contribution >= 0.6 is 40.5 Å². The molecule has 10 rings (SSSR count). The van der Waals surface area contributed by atoms with Gasteiger partial charge in [0.1, 0.15) is 0 Å². The Morgan fingerprint density at radius 1 is 0.600 bits per heavy atom. The van der Waals surface area contributed by atoms with Crippen LogP contribution in [0.5, 0.6) is 0 Å². The number of Topliss-reactive ketones (excluding diaryl/α,β-unsaturated/α-hetero) is 1. The van der Waals surface area contributed by atoms with Gasteiger partial charge in [0.2, 0.25) is 5.91 Å². The molecular formula is C60H96BrMgNO5S2. The van der Waals surface area contributed by atoms with E-state index in [9.17, 15) is 19.8 Å². The first kappa shape index (κ1) is 61.9. The largest absolute Gasteiger partial charge is 2.00 e. The number of benzene rings is 2. The second-order valence-corrected chi connectivity index (χ2v) is 26.4. The normalized spacial score (nSPS) is 41.7. The molecule has 0 spiro atoms. The third-order valence-electron chi connectivity index (χ3n) is 21.4. The number of amides is 1. The van der Waals surface area contributed by atoms with Crippen LogP contribution < -0.4 is 0 Å². The Hall–Kier alpha value is -0.594. The van der Waals surface area contributed by atoms with E-state index in [1.54, 1.807) is 37.7 Å². The van der Waals surface area contributed by atoms with E-state index in [1.807, 2.05) is 31.2 Å². The molecule has 392 valence electrons. The van der Waals surface area contributed by atoms with E-state index in [-0.39, 0.29) is 84.9 Å². The number of hydrogen-bond donors (Lipinski definition) is 2. The van der Waals surface area contributed by atoms with E-state index in [2.05, 4.69) is 77.5 Å². The van der Waals surface area contributed by atoms with Gasteiger partial charge in [-0.2, -0.15) is 42.1 Å². The summed E-state index contributed by atoms with van der Waals surface area (Å²) in [5, 5.41) is 22.8. The fourth-order valence-electron chi connectivity index (χ4n) is 17.5. The molecule has 0 aromatic heterocycles. The van der Waals surface area contributed by atoms with Gasteiger partial charge in [0.15, 0.2) is 5.78 Å². The van der Waals surface area contributed by atoms with E-state index in [4.69, 9.17) is 4.84 Å². The van der Waals surface area contributed by atoms with Crippen LogP contribution in [0.3, 0.4) is 0 Å². The van der Waals surface area contributed by atoms with Gasteiger partial charge in [-0.05, 0) is 223 Å². The van der Waals surface area contributed by atoms with Crippen molar-refractivity contribution in [2.45, 2.75) is 193 Å². The summed E-state index contributed by atoms with van der Waals surface area (Å²) in [5.74, 6) is 6.71. The van der Waals surface area contributed by atoms with E-state index >= 15 is 0 Å². The summed E-state index contributed by atoms with van der Waals surface area (Å²) in [5.41, 5.74) is 1.07. The van der Waals surface area contributed by atoms with E-state index < -0.39 is 11.2 Å². The predicted octanol–water partition coefficient (Wildman–Crippen LogP) is 15.2. The molecule has 2 aromatic rings. The van der Waals surface area contributed by atoms with E-state index in [0.717, 1.165) is 67.8 Å². The zero-order valence-electron chi connectivity index (χ0n) is 44.6. The average molecular weight is 1080 g/mol. The molecule has 0 saturated heterocycles. The number of hydrogen-bond acceptors (Lipinski definition) is 7. The van der Waals surface area contributed by atoms with Gasteiger partial charge >= 0.3 is 23.1 Å². The van der Waals surface area contributed by atoms with Crippen molar-refractivity contribution in [1.82, 2.24) is 5.06 Å². The standard InChI is InChI=1S/C28H40O2S.C23H39NO3.C7H7S.2CH4.BrH.Mg.H/c1-26(30)15-16-27(2)19(17-26)7-10-21-22-11-12-24(28(22,3)14-13-23(21)27)25(29)18-5-8-20(31-4)9-6-18;1-21(26)12-13-22(2)15(14-21)6-7-16-17-8-9-19(20(25)24(4)27-5)23(17,3)11-10-18(16)22;1-8-7-5-3-2-4-6-7;;;;;/h5-6,8-9,19,21-24,30H,7,10-17H2,1-4H3;15-19,26H,6-14H2,1-5H3;3-6H,1H3;2*1H4;1H;;/q;;-1;;;;+2;-1/t19-,21+,22+,23+,24-,26-,27+,28+;15-,16+,17+,18+,19-,21-,22+,23+;;;;;;/m11....../s1. The number of carbonyl (C=O) groups excluding carboxylic acids is 2. The first-order valence-electron chi connectivity index (χ1n) is 26.2. The number of carbonyl (C=O) groups is 2. The Bertz CT molecular complexity index is 2030. The second kappa shape index (κ2) is 24.2. The number of hydroxylamine groups is 2. The Morgan fingerprint density at radius 3 is 1.44 bits per heavy atom. The average Bonchev–Trinajstić information content (AvgIpc) is 3.86. The summed E-state index contributed by atoms with van der Waals surface area (Å²) in [4.78, 5) is 34.3. The molecule has 8 aliphatic rings. The first-order valence-corrected chi connectivity index (χ1v) is 28.6. The number of ketones is 1. The second-order valence-electron chi connectivity index (χ2n) is 24.6. The maximum atomic E-state index is 13.6. The summed E-state index contributed by atoms with van der Waals surface area (Å²) in [6, 6.07) is 19.2. The van der Waals surface area contributed by atoms with Crippen LogP contribution in [-0.2, 0) is 9.63 Å². The van der Waals surface area contributed by atoms with Crippen molar-refractivity contribution in [3.63, 3.8) is 0 Å². The Morgan fingerprint density at radius 2 is 1.01 bits per heavy atom. The van der Waals surface area contributed by atoms with Crippen molar-refractivity contribution in [3.05, 3.63) is 60.2 Å². The van der Waals surface area contributed by atoms with Crippen molar-refractivity contribution < 1.29 is 26.1 Å². The molecule has 16 atom stereocenters. The van der Waals surface area contributed by atoms with Crippen molar-refractivity contribution >= 4 is 75.2 Å². The molecule has 0 bridgehead atoms. The number of thioether (sulfide) groups is 2. The fraction of sp³-hybridized carbons (Fsp3) is 0.767. The quantitative estimate of drug-likeness (QED) is 0.0980. The third kappa shape index (κ3) is 11.7. The van der Waals surface area contributed by atoms with Crippen LogP contribution in [0, 0.1) is 86.9 Å². The van der Waals surface area contributed by atoms with Gasteiger partial charge in [0.05, 0.1) is 18.3 Å². The van der Waals surface area contributed by atoms with Crippen LogP contribution in [0.25, 0.3) is 0 Å². The minimum atomic E-state index is -0.462. The van der Waals surface area contributed by atoms with Gasteiger partial charge in [-0.3, -0.25) is 14.4 Å². The molecule has 0 unspecified atom stereocenters. The Labute approximate surface area is 463 Å². The molecule has 70 heavy (non-hydrogen) atoms. The van der Waals surface area contributed by atoms with E-state index in [1.165, 1.54) is 91.9 Å². The summed E-state index contributed by atoms with van der Waals surface area (Å²) < 4.78 is 0. The number of rotatable bonds is 6. The maximum Gasteiger partial charge on any atom is 2.00 e. The molecule has 2 aromatic carbocycles. The molecule has 6 nitrogen and oxygen atoms in total. The first-order chi connectivity index (χ1) is 31.2. The summed E-state index contributed by atoms with van der Waals surface area (Å²) in [6.07, 6.45) is 24.9. The molecule has 2 N–H and O–H groups in total. The molecule has 10 heteroatoms. The molecule has 8 fully saturated rings. The van der Waals surface area contributed by atoms with Crippen LogP contribution in [0.4, 0.5) is 0 Å². The van der Waals surface area contributed by atoms with Crippen molar-refractivity contribution in [2.75, 3.05) is 26.7 Å². The zero-order chi connectivity index (χ0) is 47.5. The van der Waals surface area contributed by atoms with Gasteiger partial charge in [-0.15, -0.1) is 33.6 Å². The van der Waals surface area contributed by atoms with Crippen LogP contribution in [-0.4, -0.2) is 87.9 Å². The smallest absolute Gasteiger partial charge is 1.00 e. The maximum absolute atomic E-state index is 13.6. The fourth-order valence-corrected chi connectivity index (χ4v) is 18.3. The Balaban J connectivity index is 0.000000307. The van der Waals surface area contributed by atoms with Crippen LogP contribution in [0.2, 0.25) is 0 Å². The van der Waals surface area contributed by atoms with Gasteiger partial charge < -0.3 is 11.6 Å². The van der Waals surface area contributed by atoms with Crippen molar-refractivity contribution in [3.8, 4) is 0 Å². The summed E-state index contributed by atoms with van der Waals surface area (Å²) in [6.45, 7) is 14.0. The topological polar surface area (TPSA) is 87.1 Å². The summed E-state index contributed by atoms with van der Waals surface area (Å²) >= 11 is 3.48. The number of nitrogens with zero attached hydrogens (tertiary/aromatic N) is 1. The number of halogens is 1. The van der Waals surface area contributed by atoms with Gasteiger partial charge in [-0.25, -0.2) is 5.06 Å². The Kier molecular flexibility index (Phi) is 21.4. The number of aliphatic hydroxyl groups is 2. The monoisotopic (exact) mass is 1080 g/mol. The molecular weight excluding hydrogens is 983 g/mol. The van der Waals surface area contributed by atoms with E-state index in [0.29, 0.717) is 40.3 Å². The molecule has 8 saturated carbocycles. The minimum Gasteiger partial charge on any atom is -1.00 e. The molecule has 1 amide bonds. The molecule has 0 radical (unpaired) electrons. The van der Waals surface area contributed by atoms with Crippen molar-refractivity contribution in [2.24, 2.45) is 80.8 Å².